The molecule has 0 unspecified atom stereocenters. The van der Waals surface area contributed by atoms with E-state index in [0.717, 1.165) is 57.7 Å². The van der Waals surface area contributed by atoms with Crippen LogP contribution in [0.2, 0.25) is 0 Å². The monoisotopic (exact) mass is 400 g/mol. The Balaban J connectivity index is 2.35. The molecular weight excluding hydrogens is 372 g/mol. The third-order valence-corrected chi connectivity index (χ3v) is 5.56. The molecule has 1 aliphatic carbocycles. The maximum absolute atomic E-state index is 12.9. The van der Waals surface area contributed by atoms with Gasteiger partial charge < -0.3 is 4.74 Å². The summed E-state index contributed by atoms with van der Waals surface area (Å²) in [5.74, 6) is 0.499. The van der Waals surface area contributed by atoms with Crippen LogP contribution in [0.15, 0.2) is 69.1 Å². The van der Waals surface area contributed by atoms with Crippen LogP contribution in [0.25, 0.3) is 0 Å². The number of ketones is 1. The van der Waals surface area contributed by atoms with E-state index in [0.29, 0.717) is 12.2 Å². The van der Waals surface area contributed by atoms with Gasteiger partial charge in [0.1, 0.15) is 5.76 Å². The van der Waals surface area contributed by atoms with Crippen molar-refractivity contribution in [3.63, 3.8) is 0 Å². The van der Waals surface area contributed by atoms with Crippen LogP contribution in [-0.4, -0.2) is 18.6 Å². The lowest BCUT2D eigenvalue weighted by atomic mass is 9.77. The highest BCUT2D eigenvalue weighted by molar-refractivity contribution is 6.02. The van der Waals surface area contributed by atoms with Crippen LogP contribution in [0.3, 0.4) is 0 Å². The van der Waals surface area contributed by atoms with Crippen molar-refractivity contribution in [2.24, 2.45) is 4.99 Å². The Bertz CT molecular complexity index is 1070. The van der Waals surface area contributed by atoms with E-state index in [1.807, 2.05) is 32.0 Å². The molecule has 2 aliphatic rings. The highest BCUT2D eigenvalue weighted by Gasteiger charge is 2.34. The van der Waals surface area contributed by atoms with Gasteiger partial charge in [-0.15, -0.1) is 0 Å². The zero-order valence-electron chi connectivity index (χ0n) is 18.4. The summed E-state index contributed by atoms with van der Waals surface area (Å²) in [6, 6.07) is 7.86. The van der Waals surface area contributed by atoms with Crippen LogP contribution in [0, 0.1) is 18.3 Å². The van der Waals surface area contributed by atoms with Crippen LogP contribution in [-0.2, 0) is 9.53 Å². The van der Waals surface area contributed by atoms with Gasteiger partial charge in [0.15, 0.2) is 5.78 Å². The lowest BCUT2D eigenvalue weighted by Crippen LogP contribution is -2.18. The summed E-state index contributed by atoms with van der Waals surface area (Å²) in [7, 11) is 0. The van der Waals surface area contributed by atoms with Gasteiger partial charge in [0.2, 0.25) is 0 Å². The largest absolute Gasteiger partial charge is 0.494 e. The number of ether oxygens (including phenoxy) is 1. The van der Waals surface area contributed by atoms with E-state index in [1.165, 1.54) is 0 Å². The Morgan fingerprint density at radius 2 is 2.03 bits per heavy atom. The molecule has 4 nitrogen and oxygen atoms in total. The number of hydrogen-bond acceptors (Lipinski definition) is 4. The minimum atomic E-state index is -0.308. The summed E-state index contributed by atoms with van der Waals surface area (Å²) in [5.41, 5.74) is 7.01. The van der Waals surface area contributed by atoms with Gasteiger partial charge in [-0.2, -0.15) is 5.26 Å². The SMILES string of the molecule is CCCOC1=CCC=C(C)C2=C1[C@@H](c1ccc(C#N)cc1C)C(C(C)=O)=C(C)C=N2. The predicted molar refractivity (Wildman–Crippen MR) is 120 cm³/mol. The lowest BCUT2D eigenvalue weighted by molar-refractivity contribution is -0.113. The number of carbonyl (C=O) groups is 1. The molecule has 0 N–H and O–H groups in total. The molecule has 0 aromatic heterocycles. The van der Waals surface area contributed by atoms with E-state index >= 15 is 0 Å². The highest BCUT2D eigenvalue weighted by Crippen LogP contribution is 2.45. The third-order valence-electron chi connectivity index (χ3n) is 5.56. The van der Waals surface area contributed by atoms with Crippen molar-refractivity contribution >= 4 is 12.0 Å². The molecule has 0 amide bonds. The van der Waals surface area contributed by atoms with Gasteiger partial charge in [-0.25, -0.2) is 0 Å². The molecule has 0 radical (unpaired) electrons. The Morgan fingerprint density at radius 1 is 1.27 bits per heavy atom. The topological polar surface area (TPSA) is 62.4 Å². The highest BCUT2D eigenvalue weighted by atomic mass is 16.5. The van der Waals surface area contributed by atoms with Gasteiger partial charge in [-0.3, -0.25) is 9.79 Å². The van der Waals surface area contributed by atoms with E-state index < -0.39 is 0 Å². The standard InChI is InChI=1S/C26H28N2O2/c1-6-12-30-22-9-7-8-16(2)26-25(22)24(23(19(5)29)18(4)15-28-26)21-11-10-20(14-27)13-17(21)3/h8-11,13,15,24H,6-7,12H2,1-5H3/t24-/m0/s1. The first kappa shape index (κ1) is 21.5. The first-order valence-corrected chi connectivity index (χ1v) is 10.4. The van der Waals surface area contributed by atoms with Crippen molar-refractivity contribution in [3.8, 4) is 6.07 Å². The number of nitriles is 1. The summed E-state index contributed by atoms with van der Waals surface area (Å²) in [5, 5.41) is 9.31. The molecule has 0 saturated heterocycles. The number of rotatable bonds is 5. The number of aryl methyl sites for hydroxylation is 1. The smallest absolute Gasteiger partial charge is 0.157 e. The Hall–Kier alpha value is -3.19. The minimum Gasteiger partial charge on any atom is -0.494 e. The van der Waals surface area contributed by atoms with Crippen LogP contribution in [0.4, 0.5) is 0 Å². The average Bonchev–Trinajstić information content (AvgIpc) is 2.96. The zero-order valence-corrected chi connectivity index (χ0v) is 18.4. The predicted octanol–water partition coefficient (Wildman–Crippen LogP) is 5.85. The first-order chi connectivity index (χ1) is 14.4. The van der Waals surface area contributed by atoms with Gasteiger partial charge in [0.25, 0.3) is 0 Å². The van der Waals surface area contributed by atoms with E-state index in [2.05, 4.69) is 32.1 Å². The third kappa shape index (κ3) is 4.07. The fourth-order valence-electron chi connectivity index (χ4n) is 4.14. The van der Waals surface area contributed by atoms with E-state index in [1.54, 1.807) is 13.1 Å². The normalized spacial score (nSPS) is 18.7. The summed E-state index contributed by atoms with van der Waals surface area (Å²) < 4.78 is 6.20. The molecular formula is C26H28N2O2. The first-order valence-electron chi connectivity index (χ1n) is 10.4. The summed E-state index contributed by atoms with van der Waals surface area (Å²) in [6.07, 6.45) is 7.67. The molecule has 4 heteroatoms. The zero-order chi connectivity index (χ0) is 21.8. The fourth-order valence-corrected chi connectivity index (χ4v) is 4.14. The maximum Gasteiger partial charge on any atom is 0.157 e. The van der Waals surface area contributed by atoms with Crippen molar-refractivity contribution < 1.29 is 9.53 Å². The van der Waals surface area contributed by atoms with Crippen molar-refractivity contribution in [1.29, 1.82) is 5.26 Å². The molecule has 1 atom stereocenters. The van der Waals surface area contributed by atoms with Crippen LogP contribution in [0.1, 0.15) is 63.1 Å². The number of Topliss-reactive ketones (excluding diaryl/α,β-unsaturated/α-hetero) is 1. The second-order valence-electron chi connectivity index (χ2n) is 7.83. The summed E-state index contributed by atoms with van der Waals surface area (Å²) >= 11 is 0. The van der Waals surface area contributed by atoms with Crippen molar-refractivity contribution in [3.05, 3.63) is 80.8 Å². The molecule has 30 heavy (non-hydrogen) atoms. The quantitative estimate of drug-likeness (QED) is 0.622. The van der Waals surface area contributed by atoms with Crippen molar-refractivity contribution in [1.82, 2.24) is 0 Å². The average molecular weight is 401 g/mol. The molecule has 0 fully saturated rings. The van der Waals surface area contributed by atoms with Gasteiger partial charge >= 0.3 is 0 Å². The molecule has 1 aromatic carbocycles. The van der Waals surface area contributed by atoms with Crippen molar-refractivity contribution in [2.45, 2.75) is 53.4 Å². The lowest BCUT2D eigenvalue weighted by Gasteiger charge is -2.27. The Morgan fingerprint density at radius 3 is 2.67 bits per heavy atom. The summed E-state index contributed by atoms with van der Waals surface area (Å²) in [6.45, 7) is 10.3. The van der Waals surface area contributed by atoms with Gasteiger partial charge in [-0.1, -0.05) is 19.1 Å². The Labute approximate surface area is 179 Å². The molecule has 3 rings (SSSR count). The molecule has 0 bridgehead atoms. The van der Waals surface area contributed by atoms with Crippen LogP contribution < -0.4 is 0 Å². The fraction of sp³-hybridized carbons (Fsp3) is 0.346. The number of allylic oxidation sites excluding steroid dienone is 6. The number of carbonyl (C=O) groups excluding carboxylic acids is 1. The van der Waals surface area contributed by atoms with E-state index in [4.69, 9.17) is 9.73 Å². The van der Waals surface area contributed by atoms with E-state index in [-0.39, 0.29) is 11.7 Å². The minimum absolute atomic E-state index is 0.0159. The van der Waals surface area contributed by atoms with Gasteiger partial charge in [0.05, 0.1) is 23.9 Å². The molecule has 1 heterocycles. The van der Waals surface area contributed by atoms with Gasteiger partial charge in [0, 0.05) is 23.3 Å². The van der Waals surface area contributed by atoms with Gasteiger partial charge in [-0.05, 0) is 81.0 Å². The second-order valence-corrected chi connectivity index (χ2v) is 7.83. The van der Waals surface area contributed by atoms with Crippen LogP contribution in [0.5, 0.6) is 0 Å². The number of benzene rings is 1. The maximum atomic E-state index is 12.9. The van der Waals surface area contributed by atoms with Crippen molar-refractivity contribution in [2.75, 3.05) is 6.61 Å². The number of aliphatic imine (C=N–C) groups is 1. The number of nitrogens with zero attached hydrogens (tertiary/aromatic N) is 2. The molecule has 0 spiro atoms. The molecule has 1 aliphatic heterocycles. The molecule has 0 saturated carbocycles. The molecule has 154 valence electrons. The van der Waals surface area contributed by atoms with E-state index in [9.17, 15) is 10.1 Å². The molecule has 1 aromatic rings. The Kier molecular flexibility index (Phi) is 6.52. The second kappa shape index (κ2) is 9.09. The summed E-state index contributed by atoms with van der Waals surface area (Å²) in [4.78, 5) is 17.7. The van der Waals surface area contributed by atoms with Crippen LogP contribution >= 0.6 is 0 Å². The number of hydrogen-bond donors (Lipinski definition) is 0.